The quantitative estimate of drug-likeness (QED) is 0.713. The number of hydrogen-bond donors (Lipinski definition) is 0. The molecule has 4 heterocycles. The van der Waals surface area contributed by atoms with Gasteiger partial charge < -0.3 is 23.8 Å². The monoisotopic (exact) mass is 373 g/mol. The number of carbonyl (C=O) groups is 1. The summed E-state index contributed by atoms with van der Waals surface area (Å²) in [6.45, 7) is 8.48. The number of rotatable bonds is 6. The van der Waals surface area contributed by atoms with Crippen LogP contribution < -0.4 is 4.90 Å². The predicted molar refractivity (Wildman–Crippen MR) is 102 cm³/mol. The molecule has 8 nitrogen and oxygen atoms in total. The molecule has 0 atom stereocenters. The molecular weight excluding hydrogens is 346 g/mol. The van der Waals surface area contributed by atoms with Crippen LogP contribution >= 0.6 is 0 Å². The fourth-order valence-electron chi connectivity index (χ4n) is 3.64. The number of ether oxygens (including phenoxy) is 2. The number of imidazole rings is 1. The molecule has 27 heavy (non-hydrogen) atoms. The fourth-order valence-corrected chi connectivity index (χ4v) is 3.64. The third-order valence-electron chi connectivity index (χ3n) is 5.11. The van der Waals surface area contributed by atoms with E-state index in [0.29, 0.717) is 32.7 Å². The third kappa shape index (κ3) is 3.91. The van der Waals surface area contributed by atoms with Crippen molar-refractivity contribution in [3.63, 3.8) is 0 Å². The van der Waals surface area contributed by atoms with Crippen molar-refractivity contribution in [1.82, 2.24) is 19.4 Å². The smallest absolute Gasteiger partial charge is 0.225 e. The van der Waals surface area contributed by atoms with Crippen molar-refractivity contribution >= 4 is 22.8 Å². The molecule has 0 radical (unpaired) electrons. The molecular formula is C19H27N5O3. The zero-order valence-corrected chi connectivity index (χ0v) is 15.9. The lowest BCUT2D eigenvalue weighted by Crippen LogP contribution is -2.38. The lowest BCUT2D eigenvalue weighted by Gasteiger charge is -2.28. The molecule has 2 aromatic heterocycles. The zero-order valence-electron chi connectivity index (χ0n) is 15.9. The van der Waals surface area contributed by atoms with E-state index in [-0.39, 0.29) is 5.91 Å². The molecule has 0 N–H and O–H groups in total. The lowest BCUT2D eigenvalue weighted by molar-refractivity contribution is -0.133. The van der Waals surface area contributed by atoms with Gasteiger partial charge in [0.05, 0.1) is 44.7 Å². The van der Waals surface area contributed by atoms with Crippen LogP contribution in [0.5, 0.6) is 0 Å². The molecule has 1 saturated heterocycles. The molecule has 2 aliphatic heterocycles. The molecule has 0 bridgehead atoms. The fraction of sp³-hybridized carbons (Fsp3) is 0.632. The minimum absolute atomic E-state index is 0.131. The van der Waals surface area contributed by atoms with E-state index in [1.54, 1.807) is 0 Å². The highest BCUT2D eigenvalue weighted by Crippen LogP contribution is 2.24. The van der Waals surface area contributed by atoms with Crippen molar-refractivity contribution in [1.29, 1.82) is 0 Å². The number of pyridine rings is 1. The van der Waals surface area contributed by atoms with Gasteiger partial charge in [0.25, 0.3) is 0 Å². The number of fused-ring (bicyclic) bond motifs is 3. The summed E-state index contributed by atoms with van der Waals surface area (Å²) in [5.74, 6) is 1.04. The minimum atomic E-state index is 0.131. The summed E-state index contributed by atoms with van der Waals surface area (Å²) >= 11 is 0. The van der Waals surface area contributed by atoms with Gasteiger partial charge in [-0.1, -0.05) is 6.92 Å². The average Bonchev–Trinajstić information content (AvgIpc) is 3.08. The number of hydrogen-bond acceptors (Lipinski definition) is 6. The summed E-state index contributed by atoms with van der Waals surface area (Å²) in [6, 6.07) is 2.10. The Morgan fingerprint density at radius 3 is 2.89 bits per heavy atom. The molecule has 8 heteroatoms. The van der Waals surface area contributed by atoms with Gasteiger partial charge in [-0.2, -0.15) is 0 Å². The molecule has 1 amide bonds. The van der Waals surface area contributed by atoms with E-state index in [9.17, 15) is 4.79 Å². The molecule has 2 aliphatic rings. The van der Waals surface area contributed by atoms with Crippen molar-refractivity contribution in [2.24, 2.45) is 0 Å². The van der Waals surface area contributed by atoms with Gasteiger partial charge in [0, 0.05) is 32.8 Å². The van der Waals surface area contributed by atoms with E-state index in [1.807, 2.05) is 11.1 Å². The van der Waals surface area contributed by atoms with Crippen molar-refractivity contribution in [3.05, 3.63) is 18.1 Å². The van der Waals surface area contributed by atoms with Crippen molar-refractivity contribution in [3.8, 4) is 0 Å². The minimum Gasteiger partial charge on any atom is -0.381 e. The Balaban J connectivity index is 1.46. The lowest BCUT2D eigenvalue weighted by atomic mass is 10.3. The summed E-state index contributed by atoms with van der Waals surface area (Å²) < 4.78 is 13.0. The molecule has 146 valence electrons. The Hall–Kier alpha value is -2.19. The van der Waals surface area contributed by atoms with Gasteiger partial charge in [-0.3, -0.25) is 4.79 Å². The Kier molecular flexibility index (Phi) is 5.54. The molecule has 0 aliphatic carbocycles. The van der Waals surface area contributed by atoms with Crippen molar-refractivity contribution in [2.75, 3.05) is 51.0 Å². The summed E-state index contributed by atoms with van der Waals surface area (Å²) in [7, 11) is 0. The van der Waals surface area contributed by atoms with Gasteiger partial charge in [0.1, 0.15) is 11.3 Å². The van der Waals surface area contributed by atoms with Crippen LogP contribution in [0.1, 0.15) is 25.6 Å². The topological polar surface area (TPSA) is 72.7 Å². The Morgan fingerprint density at radius 1 is 1.22 bits per heavy atom. The Morgan fingerprint density at radius 2 is 2.07 bits per heavy atom. The second-order valence-corrected chi connectivity index (χ2v) is 6.99. The van der Waals surface area contributed by atoms with Crippen LogP contribution in [0.15, 0.2) is 12.3 Å². The van der Waals surface area contributed by atoms with E-state index in [4.69, 9.17) is 14.5 Å². The van der Waals surface area contributed by atoms with Crippen LogP contribution in [-0.4, -0.2) is 71.4 Å². The summed E-state index contributed by atoms with van der Waals surface area (Å²) in [5.41, 5.74) is 2.89. The van der Waals surface area contributed by atoms with Crippen LogP contribution in [0.3, 0.4) is 0 Å². The first-order valence-corrected chi connectivity index (χ1v) is 9.79. The number of anilines is 1. The Bertz CT molecular complexity index is 800. The molecule has 1 fully saturated rings. The summed E-state index contributed by atoms with van der Waals surface area (Å²) in [5, 5.41) is 0. The maximum absolute atomic E-state index is 12.4. The summed E-state index contributed by atoms with van der Waals surface area (Å²) in [4.78, 5) is 26.0. The maximum Gasteiger partial charge on any atom is 0.225 e. The first-order valence-electron chi connectivity index (χ1n) is 9.79. The SMILES string of the molecule is CCCOCCC(=O)N1CCn2c(nc3cc(N4CCOCC4)cnc32)C1. The Labute approximate surface area is 159 Å². The van der Waals surface area contributed by atoms with Crippen LogP contribution in [-0.2, 0) is 27.4 Å². The van der Waals surface area contributed by atoms with Gasteiger partial charge >= 0.3 is 0 Å². The van der Waals surface area contributed by atoms with E-state index in [0.717, 1.165) is 61.9 Å². The maximum atomic E-state index is 12.4. The van der Waals surface area contributed by atoms with Gasteiger partial charge in [-0.15, -0.1) is 0 Å². The number of nitrogens with zero attached hydrogens (tertiary/aromatic N) is 5. The molecule has 0 aromatic carbocycles. The van der Waals surface area contributed by atoms with Crippen LogP contribution in [0.2, 0.25) is 0 Å². The van der Waals surface area contributed by atoms with Crippen LogP contribution in [0.4, 0.5) is 5.69 Å². The second-order valence-electron chi connectivity index (χ2n) is 6.99. The standard InChI is InChI=1S/C19H27N5O3/c1-2-8-26-9-3-18(25)23-4-5-24-17(14-23)21-16-12-15(13-20-19(16)24)22-6-10-27-11-7-22/h12-13H,2-11,14H2,1H3. The first kappa shape index (κ1) is 18.2. The van der Waals surface area contributed by atoms with E-state index in [2.05, 4.69) is 27.4 Å². The van der Waals surface area contributed by atoms with Gasteiger partial charge in [-0.05, 0) is 12.5 Å². The number of amides is 1. The predicted octanol–water partition coefficient (Wildman–Crippen LogP) is 1.43. The zero-order chi connectivity index (χ0) is 18.6. The molecule has 2 aromatic rings. The highest BCUT2D eigenvalue weighted by molar-refractivity contribution is 5.78. The molecule has 0 saturated carbocycles. The van der Waals surface area contributed by atoms with Crippen LogP contribution in [0.25, 0.3) is 11.2 Å². The van der Waals surface area contributed by atoms with Crippen molar-refractivity contribution in [2.45, 2.75) is 32.9 Å². The van der Waals surface area contributed by atoms with Crippen molar-refractivity contribution < 1.29 is 14.3 Å². The molecule has 0 spiro atoms. The molecule has 0 unspecified atom stereocenters. The van der Waals surface area contributed by atoms with Crippen LogP contribution in [0, 0.1) is 0 Å². The average molecular weight is 373 g/mol. The number of aromatic nitrogens is 3. The second kappa shape index (κ2) is 8.22. The van der Waals surface area contributed by atoms with E-state index < -0.39 is 0 Å². The third-order valence-corrected chi connectivity index (χ3v) is 5.11. The molecule has 4 rings (SSSR count). The normalized spacial score (nSPS) is 17.4. The van der Waals surface area contributed by atoms with E-state index in [1.165, 1.54) is 0 Å². The van der Waals surface area contributed by atoms with E-state index >= 15 is 0 Å². The highest BCUT2D eigenvalue weighted by atomic mass is 16.5. The van der Waals surface area contributed by atoms with Gasteiger partial charge in [0.15, 0.2) is 5.65 Å². The highest BCUT2D eigenvalue weighted by Gasteiger charge is 2.24. The number of carbonyl (C=O) groups excluding carboxylic acids is 1. The van der Waals surface area contributed by atoms with Gasteiger partial charge in [0.2, 0.25) is 5.91 Å². The number of morpholine rings is 1. The summed E-state index contributed by atoms with van der Waals surface area (Å²) in [6.07, 6.45) is 3.33. The van der Waals surface area contributed by atoms with Gasteiger partial charge in [-0.25, -0.2) is 9.97 Å². The first-order chi connectivity index (χ1) is 13.3. The largest absolute Gasteiger partial charge is 0.381 e.